The van der Waals surface area contributed by atoms with Crippen molar-refractivity contribution in [1.82, 2.24) is 0 Å². The fourth-order valence-corrected chi connectivity index (χ4v) is 4.51. The van der Waals surface area contributed by atoms with Crippen LogP contribution in [0.15, 0.2) is 78.9 Å². The Labute approximate surface area is 193 Å². The van der Waals surface area contributed by atoms with Crippen molar-refractivity contribution in [3.05, 3.63) is 95.6 Å². The number of benzene rings is 3. The number of cyclic esters (lactones) is 1. The average molecular weight is 442 g/mol. The Hall–Kier alpha value is -3.64. The zero-order valence-electron chi connectivity index (χ0n) is 18.4. The topological polar surface area (TPSA) is 84.7 Å². The number of ether oxygens (including phenoxy) is 1. The number of nitrogens with zero attached hydrogens (tertiary/aromatic N) is 1. The van der Waals surface area contributed by atoms with Gasteiger partial charge < -0.3 is 15.8 Å². The van der Waals surface area contributed by atoms with E-state index in [0.717, 1.165) is 24.9 Å². The second kappa shape index (κ2) is 8.71. The maximum absolute atomic E-state index is 12.8. The van der Waals surface area contributed by atoms with E-state index in [9.17, 15) is 9.59 Å². The Balaban J connectivity index is 1.19. The van der Waals surface area contributed by atoms with Crippen molar-refractivity contribution < 1.29 is 14.3 Å². The lowest BCUT2D eigenvalue weighted by molar-refractivity contribution is 0.102. The molecule has 0 radical (unpaired) electrons. The van der Waals surface area contributed by atoms with E-state index in [2.05, 4.69) is 29.6 Å². The van der Waals surface area contributed by atoms with Crippen molar-refractivity contribution >= 4 is 23.4 Å². The summed E-state index contributed by atoms with van der Waals surface area (Å²) in [5.41, 5.74) is 10.9. The van der Waals surface area contributed by atoms with E-state index in [0.29, 0.717) is 30.3 Å². The molecule has 6 heteroatoms. The lowest BCUT2D eigenvalue weighted by Crippen LogP contribution is -2.25. The molecule has 2 unspecified atom stereocenters. The Morgan fingerprint density at radius 3 is 2.58 bits per heavy atom. The Kier molecular flexibility index (Phi) is 5.60. The molecule has 0 bridgehead atoms. The van der Waals surface area contributed by atoms with Crippen LogP contribution in [0.3, 0.4) is 0 Å². The van der Waals surface area contributed by atoms with Gasteiger partial charge in [-0.15, -0.1) is 0 Å². The zero-order valence-corrected chi connectivity index (χ0v) is 18.4. The van der Waals surface area contributed by atoms with E-state index in [1.54, 1.807) is 24.3 Å². The highest BCUT2D eigenvalue weighted by molar-refractivity contribution is 6.05. The van der Waals surface area contributed by atoms with Crippen molar-refractivity contribution in [3.8, 4) is 0 Å². The van der Waals surface area contributed by atoms with Crippen molar-refractivity contribution in [2.24, 2.45) is 5.73 Å². The summed E-state index contributed by atoms with van der Waals surface area (Å²) in [7, 11) is 0. The molecule has 5 rings (SSSR count). The molecule has 2 amide bonds. The first-order valence-electron chi connectivity index (χ1n) is 11.3. The molecule has 3 aromatic carbocycles. The molecular formula is C27H27N3O3. The summed E-state index contributed by atoms with van der Waals surface area (Å²) < 4.78 is 4.98. The third kappa shape index (κ3) is 4.61. The number of nitrogens with two attached hydrogens (primary N) is 1. The second-order valence-electron chi connectivity index (χ2n) is 8.87. The van der Waals surface area contributed by atoms with Crippen LogP contribution < -0.4 is 16.0 Å². The number of hydrogen-bond donors (Lipinski definition) is 2. The van der Waals surface area contributed by atoms with E-state index < -0.39 is 0 Å². The van der Waals surface area contributed by atoms with Crippen LogP contribution in [-0.4, -0.2) is 30.7 Å². The van der Waals surface area contributed by atoms with Crippen LogP contribution >= 0.6 is 0 Å². The summed E-state index contributed by atoms with van der Waals surface area (Å²) in [6.07, 6.45) is 2.54. The van der Waals surface area contributed by atoms with Crippen LogP contribution in [0, 0.1) is 0 Å². The van der Waals surface area contributed by atoms with Crippen molar-refractivity contribution in [2.75, 3.05) is 23.4 Å². The smallest absolute Gasteiger partial charge is 0.414 e. The van der Waals surface area contributed by atoms with E-state index in [-0.39, 0.29) is 17.5 Å². The van der Waals surface area contributed by atoms with Gasteiger partial charge in [0.15, 0.2) is 0 Å². The van der Waals surface area contributed by atoms with E-state index in [1.165, 1.54) is 16.0 Å². The minimum atomic E-state index is -0.386. The molecule has 1 aliphatic heterocycles. The Bertz CT molecular complexity index is 1160. The summed E-state index contributed by atoms with van der Waals surface area (Å²) in [6, 6.07) is 25.4. The van der Waals surface area contributed by atoms with E-state index >= 15 is 0 Å². The summed E-state index contributed by atoms with van der Waals surface area (Å²) in [5, 5.41) is 2.94. The fourth-order valence-electron chi connectivity index (χ4n) is 4.51. The third-order valence-electron chi connectivity index (χ3n) is 6.59. The molecule has 0 aromatic heterocycles. The highest BCUT2D eigenvalue weighted by atomic mass is 16.6. The van der Waals surface area contributed by atoms with Gasteiger partial charge in [-0.3, -0.25) is 9.69 Å². The summed E-state index contributed by atoms with van der Waals surface area (Å²) in [6.45, 7) is 0.847. The van der Waals surface area contributed by atoms with Crippen LogP contribution in [0.2, 0.25) is 0 Å². The number of anilines is 2. The van der Waals surface area contributed by atoms with Crippen LogP contribution in [0.1, 0.15) is 40.2 Å². The van der Waals surface area contributed by atoms with Crippen molar-refractivity contribution in [1.29, 1.82) is 0 Å². The van der Waals surface area contributed by atoms with Gasteiger partial charge in [0.05, 0.1) is 6.54 Å². The quantitative estimate of drug-likeness (QED) is 0.556. The minimum Gasteiger partial charge on any atom is -0.447 e. The number of carbonyl (C=O) groups excluding carboxylic acids is 2. The van der Waals surface area contributed by atoms with Gasteiger partial charge in [-0.05, 0) is 60.7 Å². The van der Waals surface area contributed by atoms with E-state index in [1.807, 2.05) is 30.3 Å². The zero-order chi connectivity index (χ0) is 22.8. The molecule has 2 atom stereocenters. The highest BCUT2D eigenvalue weighted by Gasteiger charge is 2.50. The lowest BCUT2D eigenvalue weighted by Gasteiger charge is -2.14. The molecule has 168 valence electrons. The predicted molar refractivity (Wildman–Crippen MR) is 129 cm³/mol. The van der Waals surface area contributed by atoms with Gasteiger partial charge in [0.25, 0.3) is 5.91 Å². The summed E-state index contributed by atoms with van der Waals surface area (Å²) in [4.78, 5) is 26.1. The van der Waals surface area contributed by atoms with Crippen LogP contribution in [0.5, 0.6) is 0 Å². The molecule has 2 aliphatic rings. The molecule has 33 heavy (non-hydrogen) atoms. The fraction of sp³-hybridized carbons (Fsp3) is 0.259. The predicted octanol–water partition coefficient (Wildman–Crippen LogP) is 4.71. The van der Waals surface area contributed by atoms with Gasteiger partial charge >= 0.3 is 6.09 Å². The highest BCUT2D eigenvalue weighted by Crippen LogP contribution is 2.52. The number of nitrogens with one attached hydrogen (secondary N) is 1. The molecule has 3 aromatic rings. The molecule has 1 saturated carbocycles. The third-order valence-corrected chi connectivity index (χ3v) is 6.59. The first kappa shape index (κ1) is 21.2. The standard InChI is InChI=1S/C27H27N3O3/c28-27(14-13-19-5-2-1-3-6-19)18-24(27)20-9-11-22(12-10-20)29-25(31)21-7-4-8-23(17-21)30-15-16-33-26(30)32/h1-12,17,24H,13-16,18,28H2,(H,29,31). The molecule has 0 spiro atoms. The molecule has 3 N–H and O–H groups in total. The molecular weight excluding hydrogens is 414 g/mol. The van der Waals surface area contributed by atoms with Gasteiger partial charge in [-0.2, -0.15) is 0 Å². The van der Waals surface area contributed by atoms with Gasteiger partial charge in [-0.25, -0.2) is 4.79 Å². The molecule has 6 nitrogen and oxygen atoms in total. The number of carbonyl (C=O) groups is 2. The van der Waals surface area contributed by atoms with Gasteiger partial charge in [0, 0.05) is 28.4 Å². The van der Waals surface area contributed by atoms with Gasteiger partial charge in [-0.1, -0.05) is 48.5 Å². The Morgan fingerprint density at radius 2 is 1.85 bits per heavy atom. The van der Waals surface area contributed by atoms with Crippen molar-refractivity contribution in [2.45, 2.75) is 30.7 Å². The van der Waals surface area contributed by atoms with E-state index in [4.69, 9.17) is 10.5 Å². The largest absolute Gasteiger partial charge is 0.447 e. The minimum absolute atomic E-state index is 0.155. The Morgan fingerprint density at radius 1 is 1.06 bits per heavy atom. The molecule has 1 aliphatic carbocycles. The molecule has 1 saturated heterocycles. The average Bonchev–Trinajstić information content (AvgIpc) is 3.33. The van der Waals surface area contributed by atoms with Gasteiger partial charge in [0.1, 0.15) is 6.61 Å². The lowest BCUT2D eigenvalue weighted by atomic mass is 9.99. The molecule has 1 heterocycles. The monoisotopic (exact) mass is 441 g/mol. The molecule has 2 fully saturated rings. The van der Waals surface area contributed by atoms with Crippen LogP contribution in [-0.2, 0) is 11.2 Å². The summed E-state index contributed by atoms with van der Waals surface area (Å²) in [5.74, 6) is 0.127. The normalized spacial score (nSPS) is 21.5. The van der Waals surface area contributed by atoms with Gasteiger partial charge in [0.2, 0.25) is 0 Å². The number of amides is 2. The first-order chi connectivity index (χ1) is 16.0. The van der Waals surface area contributed by atoms with Crippen molar-refractivity contribution in [3.63, 3.8) is 0 Å². The number of aryl methyl sites for hydroxylation is 1. The summed E-state index contributed by atoms with van der Waals surface area (Å²) >= 11 is 0. The van der Waals surface area contributed by atoms with Crippen LogP contribution in [0.4, 0.5) is 16.2 Å². The number of hydrogen-bond acceptors (Lipinski definition) is 4. The first-order valence-corrected chi connectivity index (χ1v) is 11.3. The van der Waals surface area contributed by atoms with Crippen LogP contribution in [0.25, 0.3) is 0 Å². The number of rotatable bonds is 7. The maximum Gasteiger partial charge on any atom is 0.414 e. The second-order valence-corrected chi connectivity index (χ2v) is 8.87. The SMILES string of the molecule is NC1(CCc2ccccc2)CC1c1ccc(NC(=O)c2cccc(N3CCOC3=O)c2)cc1. The maximum atomic E-state index is 12.8.